The van der Waals surface area contributed by atoms with Crippen molar-refractivity contribution in [2.75, 3.05) is 18.0 Å². The Labute approximate surface area is 109 Å². The van der Waals surface area contributed by atoms with Gasteiger partial charge in [-0.15, -0.1) is 0 Å². The molecule has 0 fully saturated rings. The van der Waals surface area contributed by atoms with Crippen LogP contribution < -0.4 is 4.90 Å². The summed E-state index contributed by atoms with van der Waals surface area (Å²) in [5, 5.41) is 19.8. The van der Waals surface area contributed by atoms with Gasteiger partial charge in [0.15, 0.2) is 0 Å². The zero-order valence-electron chi connectivity index (χ0n) is 10.7. The predicted octanol–water partition coefficient (Wildman–Crippen LogP) is 2.67. The third-order valence-electron chi connectivity index (χ3n) is 2.71. The second-order valence-corrected chi connectivity index (χ2v) is 3.96. The van der Waals surface area contributed by atoms with Gasteiger partial charge in [-0.2, -0.15) is 0 Å². The Balaban J connectivity index is 3.41. The molecular formula is C12H15FN2O4. The first-order chi connectivity index (χ1) is 8.92. The molecule has 0 bridgehead atoms. The summed E-state index contributed by atoms with van der Waals surface area (Å²) in [5.74, 6) is -2.49. The van der Waals surface area contributed by atoms with Crippen LogP contribution in [0, 0.1) is 15.9 Å². The SMILES string of the molecule is CCCN(CC)c1cc(F)c(C(=O)O)cc1[N+](=O)[O-]. The van der Waals surface area contributed by atoms with Gasteiger partial charge >= 0.3 is 5.97 Å². The zero-order valence-corrected chi connectivity index (χ0v) is 10.7. The van der Waals surface area contributed by atoms with Crippen molar-refractivity contribution in [3.05, 3.63) is 33.6 Å². The van der Waals surface area contributed by atoms with Crippen LogP contribution in [0.25, 0.3) is 0 Å². The van der Waals surface area contributed by atoms with Crippen molar-refractivity contribution in [2.24, 2.45) is 0 Å². The number of hydrogen-bond donors (Lipinski definition) is 1. The number of rotatable bonds is 6. The number of carbonyl (C=O) groups is 1. The highest BCUT2D eigenvalue weighted by Crippen LogP contribution is 2.31. The van der Waals surface area contributed by atoms with E-state index < -0.39 is 28.0 Å². The van der Waals surface area contributed by atoms with Gasteiger partial charge in [0.2, 0.25) is 0 Å². The average Bonchev–Trinajstić information content (AvgIpc) is 2.34. The molecule has 0 aromatic heterocycles. The van der Waals surface area contributed by atoms with Gasteiger partial charge in [0.1, 0.15) is 17.1 Å². The molecule has 1 N–H and O–H groups in total. The summed E-state index contributed by atoms with van der Waals surface area (Å²) < 4.78 is 13.7. The van der Waals surface area contributed by atoms with Crippen LogP contribution in [0.15, 0.2) is 12.1 Å². The predicted molar refractivity (Wildman–Crippen MR) is 68.2 cm³/mol. The molecule has 0 aliphatic heterocycles. The fraction of sp³-hybridized carbons (Fsp3) is 0.417. The molecular weight excluding hydrogens is 255 g/mol. The van der Waals surface area contributed by atoms with Crippen LogP contribution in [0.2, 0.25) is 0 Å². The number of nitro benzene ring substituents is 1. The Hall–Kier alpha value is -2.18. The van der Waals surface area contributed by atoms with Crippen LogP contribution in [0.5, 0.6) is 0 Å². The molecule has 19 heavy (non-hydrogen) atoms. The van der Waals surface area contributed by atoms with Gasteiger partial charge in [-0.25, -0.2) is 9.18 Å². The molecule has 0 amide bonds. The summed E-state index contributed by atoms with van der Waals surface area (Å²) in [7, 11) is 0. The molecule has 7 heteroatoms. The molecule has 0 radical (unpaired) electrons. The fourth-order valence-electron chi connectivity index (χ4n) is 1.83. The van der Waals surface area contributed by atoms with Gasteiger partial charge in [-0.3, -0.25) is 10.1 Å². The quantitative estimate of drug-likeness (QED) is 0.634. The van der Waals surface area contributed by atoms with Gasteiger partial charge in [0, 0.05) is 25.2 Å². The molecule has 0 atom stereocenters. The van der Waals surface area contributed by atoms with E-state index in [-0.39, 0.29) is 5.69 Å². The largest absolute Gasteiger partial charge is 0.478 e. The molecule has 1 aromatic rings. The number of carboxylic acids is 1. The van der Waals surface area contributed by atoms with Crippen LogP contribution in [0.3, 0.4) is 0 Å². The lowest BCUT2D eigenvalue weighted by molar-refractivity contribution is -0.384. The second-order valence-electron chi connectivity index (χ2n) is 3.96. The smallest absolute Gasteiger partial charge is 0.338 e. The lowest BCUT2D eigenvalue weighted by atomic mass is 10.1. The molecule has 0 saturated heterocycles. The van der Waals surface area contributed by atoms with E-state index >= 15 is 0 Å². The van der Waals surface area contributed by atoms with E-state index in [1.165, 1.54) is 0 Å². The molecule has 104 valence electrons. The van der Waals surface area contributed by atoms with Gasteiger partial charge in [-0.05, 0) is 13.3 Å². The van der Waals surface area contributed by atoms with Crippen LogP contribution in [0.1, 0.15) is 30.6 Å². The van der Waals surface area contributed by atoms with Crippen molar-refractivity contribution < 1.29 is 19.2 Å². The maximum Gasteiger partial charge on any atom is 0.338 e. The summed E-state index contributed by atoms with van der Waals surface area (Å²) in [6.07, 6.45) is 0.743. The summed E-state index contributed by atoms with van der Waals surface area (Å²) in [4.78, 5) is 22.7. The van der Waals surface area contributed by atoms with Crippen LogP contribution in [0.4, 0.5) is 15.8 Å². The summed E-state index contributed by atoms with van der Waals surface area (Å²) in [6.45, 7) is 4.70. The Kier molecular flexibility index (Phi) is 4.80. The van der Waals surface area contributed by atoms with E-state index in [1.54, 1.807) is 11.8 Å². The minimum Gasteiger partial charge on any atom is -0.478 e. The molecule has 0 unspecified atom stereocenters. The van der Waals surface area contributed by atoms with E-state index in [2.05, 4.69) is 0 Å². The van der Waals surface area contributed by atoms with Crippen LogP contribution >= 0.6 is 0 Å². The van der Waals surface area contributed by atoms with Gasteiger partial charge in [-0.1, -0.05) is 6.92 Å². The van der Waals surface area contributed by atoms with Crippen LogP contribution in [-0.4, -0.2) is 29.1 Å². The number of aromatic carboxylic acids is 1. The van der Waals surface area contributed by atoms with Gasteiger partial charge in [0.25, 0.3) is 5.69 Å². The molecule has 1 rings (SSSR count). The Morgan fingerprint density at radius 1 is 1.47 bits per heavy atom. The highest BCUT2D eigenvalue weighted by Gasteiger charge is 2.24. The van der Waals surface area contributed by atoms with Crippen molar-refractivity contribution in [1.82, 2.24) is 0 Å². The highest BCUT2D eigenvalue weighted by atomic mass is 19.1. The number of anilines is 1. The lowest BCUT2D eigenvalue weighted by Gasteiger charge is -2.22. The van der Waals surface area contributed by atoms with E-state index in [4.69, 9.17) is 5.11 Å². The standard InChI is InChI=1S/C12H15FN2O4/c1-3-5-14(4-2)10-7-9(13)8(12(16)17)6-11(10)15(18)19/h6-7H,3-5H2,1-2H3,(H,16,17). The normalized spacial score (nSPS) is 10.3. The van der Waals surface area contributed by atoms with Crippen molar-refractivity contribution in [3.8, 4) is 0 Å². The Morgan fingerprint density at radius 3 is 2.53 bits per heavy atom. The second kappa shape index (κ2) is 6.12. The first-order valence-corrected chi connectivity index (χ1v) is 5.88. The monoisotopic (exact) mass is 270 g/mol. The Morgan fingerprint density at radius 2 is 2.11 bits per heavy atom. The lowest BCUT2D eigenvalue weighted by Crippen LogP contribution is -2.24. The average molecular weight is 270 g/mol. The van der Waals surface area contributed by atoms with Crippen molar-refractivity contribution in [3.63, 3.8) is 0 Å². The van der Waals surface area contributed by atoms with Gasteiger partial charge in [0.05, 0.1) is 4.92 Å². The Bertz CT molecular complexity index is 505. The summed E-state index contributed by atoms with van der Waals surface area (Å²) in [6, 6.07) is 1.69. The summed E-state index contributed by atoms with van der Waals surface area (Å²) >= 11 is 0. The topological polar surface area (TPSA) is 83.7 Å². The van der Waals surface area contributed by atoms with E-state index in [1.807, 2.05) is 6.92 Å². The fourth-order valence-corrected chi connectivity index (χ4v) is 1.83. The number of halogens is 1. The minimum absolute atomic E-state index is 0.108. The molecule has 0 aliphatic carbocycles. The minimum atomic E-state index is -1.52. The number of nitro groups is 1. The number of carboxylic acid groups (broad SMARTS) is 1. The van der Waals surface area contributed by atoms with Gasteiger partial charge < -0.3 is 10.0 Å². The summed E-state index contributed by atoms with van der Waals surface area (Å²) in [5.41, 5.74) is -0.978. The maximum atomic E-state index is 13.7. The first-order valence-electron chi connectivity index (χ1n) is 5.88. The molecule has 0 aliphatic rings. The zero-order chi connectivity index (χ0) is 14.6. The first kappa shape index (κ1) is 14.9. The third-order valence-corrected chi connectivity index (χ3v) is 2.71. The third kappa shape index (κ3) is 3.18. The highest BCUT2D eigenvalue weighted by molar-refractivity contribution is 5.90. The van der Waals surface area contributed by atoms with Crippen molar-refractivity contribution in [2.45, 2.75) is 20.3 Å². The molecule has 0 saturated carbocycles. The van der Waals surface area contributed by atoms with E-state index in [0.717, 1.165) is 18.6 Å². The van der Waals surface area contributed by atoms with Crippen molar-refractivity contribution >= 4 is 17.3 Å². The van der Waals surface area contributed by atoms with E-state index in [0.29, 0.717) is 13.1 Å². The maximum absolute atomic E-state index is 13.7. The molecule has 0 heterocycles. The molecule has 6 nitrogen and oxygen atoms in total. The van der Waals surface area contributed by atoms with E-state index in [9.17, 15) is 19.3 Å². The molecule has 0 spiro atoms. The number of hydrogen-bond acceptors (Lipinski definition) is 4. The van der Waals surface area contributed by atoms with Crippen molar-refractivity contribution in [1.29, 1.82) is 0 Å². The molecule has 1 aromatic carbocycles. The number of benzene rings is 1. The number of nitrogens with zero attached hydrogens (tertiary/aromatic N) is 2. The van der Waals surface area contributed by atoms with Crippen LogP contribution in [-0.2, 0) is 0 Å².